The maximum Gasteiger partial charge on any atom is 0.368 e. The van der Waals surface area contributed by atoms with Gasteiger partial charge in [0.2, 0.25) is 0 Å². The van der Waals surface area contributed by atoms with E-state index >= 15 is 0 Å². The van der Waals surface area contributed by atoms with Crippen LogP contribution in [0.25, 0.3) is 0 Å². The molecule has 0 spiro atoms. The fourth-order valence-electron chi connectivity index (χ4n) is 0.556. The standard InChI is InChI=1S/C5H5FN2O2S2/c1-11-4-2-3-7-5(8-4)12(6,9)10/h2-3H,1H3. The quantitative estimate of drug-likeness (QED) is 0.312. The van der Waals surface area contributed by atoms with Crippen molar-refractivity contribution in [3.8, 4) is 0 Å². The third-order valence-corrected chi connectivity index (χ3v) is 2.31. The molecule has 1 rings (SSSR count). The molecule has 7 heteroatoms. The van der Waals surface area contributed by atoms with Gasteiger partial charge in [0.15, 0.2) is 0 Å². The molecule has 1 aromatic heterocycles. The number of thioether (sulfide) groups is 1. The van der Waals surface area contributed by atoms with Crippen molar-refractivity contribution in [1.29, 1.82) is 0 Å². The number of hydrogen-bond donors (Lipinski definition) is 0. The van der Waals surface area contributed by atoms with Crippen LogP contribution in [0.2, 0.25) is 0 Å². The fraction of sp³-hybridized carbons (Fsp3) is 0.200. The molecule has 0 aliphatic heterocycles. The number of hydrogen-bond acceptors (Lipinski definition) is 5. The summed E-state index contributed by atoms with van der Waals surface area (Å²) in [5, 5.41) is -0.365. The zero-order chi connectivity index (χ0) is 9.19. The molecule has 1 heterocycles. The van der Waals surface area contributed by atoms with Crippen LogP contribution < -0.4 is 0 Å². The molecule has 0 aromatic carbocycles. The number of rotatable bonds is 2. The molecule has 0 amide bonds. The van der Waals surface area contributed by atoms with E-state index in [1.165, 1.54) is 24.0 Å². The van der Waals surface area contributed by atoms with Crippen molar-refractivity contribution >= 4 is 22.0 Å². The molecule has 1 aromatic rings. The highest BCUT2D eigenvalue weighted by Gasteiger charge is 2.15. The molecule has 0 fully saturated rings. The summed E-state index contributed by atoms with van der Waals surface area (Å²) in [5.74, 6) is 0. The van der Waals surface area contributed by atoms with Gasteiger partial charge in [0.05, 0.1) is 0 Å². The van der Waals surface area contributed by atoms with E-state index in [2.05, 4.69) is 9.97 Å². The highest BCUT2D eigenvalue weighted by atomic mass is 32.3. The van der Waals surface area contributed by atoms with Crippen molar-refractivity contribution in [2.45, 2.75) is 10.2 Å². The minimum atomic E-state index is -4.77. The van der Waals surface area contributed by atoms with Gasteiger partial charge in [-0.15, -0.1) is 11.8 Å². The lowest BCUT2D eigenvalue weighted by atomic mass is 10.7. The molecule has 0 aliphatic carbocycles. The van der Waals surface area contributed by atoms with E-state index in [9.17, 15) is 12.3 Å². The first-order valence-corrected chi connectivity index (χ1v) is 5.46. The first-order chi connectivity index (χ1) is 5.54. The molecule has 0 radical (unpaired) electrons. The summed E-state index contributed by atoms with van der Waals surface area (Å²) in [4.78, 5) is 6.72. The van der Waals surface area contributed by atoms with Crippen LogP contribution in [0.1, 0.15) is 0 Å². The Morgan fingerprint density at radius 3 is 2.75 bits per heavy atom. The molecule has 66 valence electrons. The van der Waals surface area contributed by atoms with E-state index in [-0.39, 0.29) is 0 Å². The van der Waals surface area contributed by atoms with Gasteiger partial charge in [-0.05, 0) is 12.3 Å². The first kappa shape index (κ1) is 9.40. The molecular formula is C5H5FN2O2S2. The lowest BCUT2D eigenvalue weighted by Gasteiger charge is -1.95. The van der Waals surface area contributed by atoms with Gasteiger partial charge in [-0.1, -0.05) is 3.89 Å². The fourth-order valence-corrected chi connectivity index (χ4v) is 1.38. The number of nitrogens with zero attached hydrogens (tertiary/aromatic N) is 2. The molecular weight excluding hydrogens is 203 g/mol. The Kier molecular flexibility index (Phi) is 2.63. The van der Waals surface area contributed by atoms with Gasteiger partial charge in [-0.2, -0.15) is 8.42 Å². The Bertz CT molecular complexity index is 379. The van der Waals surface area contributed by atoms with Crippen molar-refractivity contribution in [3.63, 3.8) is 0 Å². The van der Waals surface area contributed by atoms with Crippen LogP contribution in [-0.2, 0) is 10.2 Å². The van der Waals surface area contributed by atoms with Gasteiger partial charge in [0.25, 0.3) is 5.16 Å². The maximum atomic E-state index is 12.3. The van der Waals surface area contributed by atoms with E-state index in [4.69, 9.17) is 0 Å². The second kappa shape index (κ2) is 3.36. The molecule has 0 atom stereocenters. The Morgan fingerprint density at radius 2 is 2.25 bits per heavy atom. The lowest BCUT2D eigenvalue weighted by molar-refractivity contribution is 0.540. The van der Waals surface area contributed by atoms with Crippen LogP contribution in [0, 0.1) is 0 Å². The summed E-state index contributed by atoms with van der Waals surface area (Å²) in [7, 11) is -4.77. The van der Waals surface area contributed by atoms with Crippen LogP contribution in [0.5, 0.6) is 0 Å². The maximum absolute atomic E-state index is 12.3. The molecule has 0 saturated heterocycles. The largest absolute Gasteiger partial charge is 0.368 e. The van der Waals surface area contributed by atoms with Gasteiger partial charge in [-0.3, -0.25) is 0 Å². The van der Waals surface area contributed by atoms with E-state index in [0.717, 1.165) is 0 Å². The first-order valence-electron chi connectivity index (χ1n) is 2.86. The Labute approximate surface area is 73.4 Å². The zero-order valence-corrected chi connectivity index (χ0v) is 7.69. The van der Waals surface area contributed by atoms with Crippen LogP contribution in [0.3, 0.4) is 0 Å². The third kappa shape index (κ3) is 2.15. The summed E-state index contributed by atoms with van der Waals surface area (Å²) in [6.07, 6.45) is 2.91. The lowest BCUT2D eigenvalue weighted by Crippen LogP contribution is -1.99. The highest BCUT2D eigenvalue weighted by molar-refractivity contribution is 7.98. The molecule has 0 unspecified atom stereocenters. The molecule has 0 aliphatic rings. The summed E-state index contributed by atoms with van der Waals surface area (Å²) in [6, 6.07) is 1.50. The molecule has 12 heavy (non-hydrogen) atoms. The van der Waals surface area contributed by atoms with Crippen LogP contribution in [0.4, 0.5) is 3.89 Å². The zero-order valence-electron chi connectivity index (χ0n) is 6.06. The van der Waals surface area contributed by atoms with Crippen LogP contribution in [0.15, 0.2) is 22.4 Å². The van der Waals surface area contributed by atoms with Crippen molar-refractivity contribution in [1.82, 2.24) is 9.97 Å². The minimum Gasteiger partial charge on any atom is -0.224 e. The van der Waals surface area contributed by atoms with Gasteiger partial charge < -0.3 is 0 Å². The normalized spacial score (nSPS) is 11.5. The molecule has 4 nitrogen and oxygen atoms in total. The van der Waals surface area contributed by atoms with Crippen molar-refractivity contribution < 1.29 is 12.3 Å². The predicted molar refractivity (Wildman–Crippen MR) is 42.1 cm³/mol. The van der Waals surface area contributed by atoms with Gasteiger partial charge in [0.1, 0.15) is 5.03 Å². The summed E-state index contributed by atoms with van der Waals surface area (Å²) >= 11 is 1.22. The van der Waals surface area contributed by atoms with Gasteiger partial charge >= 0.3 is 10.2 Å². The number of aromatic nitrogens is 2. The SMILES string of the molecule is CSc1ccnc(S(=O)(=O)F)n1. The average Bonchev–Trinajstić information content (AvgIpc) is 2.03. The monoisotopic (exact) mass is 208 g/mol. The minimum absolute atomic E-state index is 0.418. The van der Waals surface area contributed by atoms with Crippen molar-refractivity contribution in [2.24, 2.45) is 0 Å². The molecule has 0 bridgehead atoms. The van der Waals surface area contributed by atoms with Crippen LogP contribution >= 0.6 is 11.8 Å². The van der Waals surface area contributed by atoms with E-state index in [1.807, 2.05) is 0 Å². The Balaban J connectivity index is 3.20. The molecule has 0 N–H and O–H groups in total. The Morgan fingerprint density at radius 1 is 1.58 bits per heavy atom. The van der Waals surface area contributed by atoms with Crippen LogP contribution in [-0.4, -0.2) is 24.6 Å². The summed E-state index contributed by atoms with van der Waals surface area (Å²) in [6.45, 7) is 0. The number of halogens is 1. The third-order valence-electron chi connectivity index (χ3n) is 1.04. The second-order valence-corrected chi connectivity index (χ2v) is 3.89. The average molecular weight is 208 g/mol. The van der Waals surface area contributed by atoms with Crippen molar-refractivity contribution in [3.05, 3.63) is 12.3 Å². The van der Waals surface area contributed by atoms with E-state index < -0.39 is 15.4 Å². The summed E-state index contributed by atoms with van der Waals surface area (Å²) in [5.41, 5.74) is 0. The highest BCUT2D eigenvalue weighted by Crippen LogP contribution is 2.12. The topological polar surface area (TPSA) is 59.9 Å². The Hall–Kier alpha value is -0.690. The van der Waals surface area contributed by atoms with Gasteiger partial charge in [-0.25, -0.2) is 9.97 Å². The smallest absolute Gasteiger partial charge is 0.224 e. The van der Waals surface area contributed by atoms with Crippen molar-refractivity contribution in [2.75, 3.05) is 6.26 Å². The van der Waals surface area contributed by atoms with E-state index in [1.54, 1.807) is 6.26 Å². The predicted octanol–water partition coefficient (Wildman–Crippen LogP) is 0.857. The van der Waals surface area contributed by atoms with E-state index in [0.29, 0.717) is 5.03 Å². The summed E-state index contributed by atoms with van der Waals surface area (Å²) < 4.78 is 32.9. The second-order valence-electron chi connectivity index (χ2n) is 1.82. The van der Waals surface area contributed by atoms with Gasteiger partial charge in [0, 0.05) is 6.20 Å². The molecule has 0 saturated carbocycles.